The van der Waals surface area contributed by atoms with Crippen LogP contribution >= 0.6 is 0 Å². The zero-order chi connectivity index (χ0) is 16.9. The van der Waals surface area contributed by atoms with Gasteiger partial charge < -0.3 is 19.7 Å². The molecule has 1 atom stereocenters. The summed E-state index contributed by atoms with van der Waals surface area (Å²) in [6.45, 7) is 7.92. The lowest BCUT2D eigenvalue weighted by atomic mass is 10.1. The number of carbonyl (C=O) groups excluding carboxylic acids is 2. The number of benzene rings is 1. The van der Waals surface area contributed by atoms with E-state index in [9.17, 15) is 9.59 Å². The van der Waals surface area contributed by atoms with Gasteiger partial charge in [-0.1, -0.05) is 30.3 Å². The maximum Gasteiger partial charge on any atom is 0.411 e. The predicted octanol–water partition coefficient (Wildman–Crippen LogP) is 2.11. The monoisotopic (exact) mass is 320 g/mol. The molecule has 0 bridgehead atoms. The Labute approximate surface area is 136 Å². The summed E-state index contributed by atoms with van der Waals surface area (Å²) in [6, 6.07) is 8.93. The summed E-state index contributed by atoms with van der Waals surface area (Å²) in [5.74, 6) is -0.563. The first kappa shape index (κ1) is 17.3. The SMILES string of the molecule is CC(C)(C)OC(=O)C(OC(=O)N1CCNCC1)c1ccccc1. The molecule has 23 heavy (non-hydrogen) atoms. The first-order valence-corrected chi connectivity index (χ1v) is 7.81. The van der Waals surface area contributed by atoms with Crippen molar-refractivity contribution in [2.45, 2.75) is 32.5 Å². The molecule has 1 aromatic carbocycles. The Bertz CT molecular complexity index is 533. The van der Waals surface area contributed by atoms with Crippen LogP contribution in [0.15, 0.2) is 30.3 Å². The molecule has 1 N–H and O–H groups in total. The molecule has 1 saturated heterocycles. The average molecular weight is 320 g/mol. The van der Waals surface area contributed by atoms with Gasteiger partial charge in [-0.15, -0.1) is 0 Å². The molecule has 126 valence electrons. The number of esters is 1. The minimum atomic E-state index is -1.06. The van der Waals surface area contributed by atoms with Gasteiger partial charge in [0.05, 0.1) is 0 Å². The fourth-order valence-corrected chi connectivity index (χ4v) is 2.26. The Hall–Kier alpha value is -2.08. The summed E-state index contributed by atoms with van der Waals surface area (Å²) in [6.07, 6.45) is -1.55. The maximum absolute atomic E-state index is 12.4. The Morgan fingerprint density at radius 3 is 2.30 bits per heavy atom. The predicted molar refractivity (Wildman–Crippen MR) is 86.0 cm³/mol. The fraction of sp³-hybridized carbons (Fsp3) is 0.529. The van der Waals surface area contributed by atoms with Gasteiger partial charge in [0.2, 0.25) is 6.10 Å². The Balaban J connectivity index is 2.13. The quantitative estimate of drug-likeness (QED) is 0.864. The van der Waals surface area contributed by atoms with Crippen LogP contribution in [0.5, 0.6) is 0 Å². The Morgan fingerprint density at radius 1 is 1.13 bits per heavy atom. The minimum Gasteiger partial charge on any atom is -0.457 e. The van der Waals surface area contributed by atoms with Crippen LogP contribution in [0.4, 0.5) is 4.79 Å². The number of amides is 1. The molecule has 6 nitrogen and oxygen atoms in total. The third kappa shape index (κ3) is 5.25. The van der Waals surface area contributed by atoms with Gasteiger partial charge >= 0.3 is 12.1 Å². The standard InChI is InChI=1S/C17H24N2O4/c1-17(2,3)23-15(20)14(13-7-5-4-6-8-13)22-16(21)19-11-9-18-10-12-19/h4-8,14,18H,9-12H2,1-3H3. The van der Waals surface area contributed by atoms with Gasteiger partial charge in [0.1, 0.15) is 5.60 Å². The first-order valence-electron chi connectivity index (χ1n) is 7.81. The lowest BCUT2D eigenvalue weighted by molar-refractivity contribution is -0.166. The summed E-state index contributed by atoms with van der Waals surface area (Å²) in [5.41, 5.74) is -0.0452. The third-order valence-electron chi connectivity index (χ3n) is 3.32. The number of piperazine rings is 1. The largest absolute Gasteiger partial charge is 0.457 e. The topological polar surface area (TPSA) is 67.9 Å². The molecule has 1 aliphatic heterocycles. The van der Waals surface area contributed by atoms with Crippen LogP contribution < -0.4 is 5.32 Å². The van der Waals surface area contributed by atoms with Crippen molar-refractivity contribution in [2.24, 2.45) is 0 Å². The summed E-state index contributed by atoms with van der Waals surface area (Å²) >= 11 is 0. The maximum atomic E-state index is 12.4. The Kier molecular flexibility index (Phi) is 5.60. The van der Waals surface area contributed by atoms with Crippen LogP contribution in [0, 0.1) is 0 Å². The molecular weight excluding hydrogens is 296 g/mol. The van der Waals surface area contributed by atoms with Crippen molar-refractivity contribution in [2.75, 3.05) is 26.2 Å². The summed E-state index contributed by atoms with van der Waals surface area (Å²) in [7, 11) is 0. The highest BCUT2D eigenvalue weighted by Crippen LogP contribution is 2.23. The number of hydrogen-bond donors (Lipinski definition) is 1. The summed E-state index contributed by atoms with van der Waals surface area (Å²) in [4.78, 5) is 26.4. The van der Waals surface area contributed by atoms with Gasteiger partial charge in [0.15, 0.2) is 0 Å². The van der Waals surface area contributed by atoms with Crippen LogP contribution in [-0.2, 0) is 14.3 Å². The fourth-order valence-electron chi connectivity index (χ4n) is 2.26. The minimum absolute atomic E-state index is 0.494. The molecule has 0 aromatic heterocycles. The normalized spacial score (nSPS) is 16.6. The number of nitrogens with zero attached hydrogens (tertiary/aromatic N) is 1. The van der Waals surface area contributed by atoms with E-state index in [0.29, 0.717) is 18.7 Å². The van der Waals surface area contributed by atoms with E-state index in [-0.39, 0.29) is 0 Å². The van der Waals surface area contributed by atoms with Gasteiger partial charge in [-0.2, -0.15) is 0 Å². The van der Waals surface area contributed by atoms with Gasteiger partial charge in [0, 0.05) is 31.7 Å². The second kappa shape index (κ2) is 7.46. The number of ether oxygens (including phenoxy) is 2. The molecule has 0 aliphatic carbocycles. The number of hydrogen-bond acceptors (Lipinski definition) is 5. The highest BCUT2D eigenvalue weighted by molar-refractivity contribution is 5.80. The molecule has 1 unspecified atom stereocenters. The van der Waals surface area contributed by atoms with E-state index in [2.05, 4.69) is 5.32 Å². The van der Waals surface area contributed by atoms with Crippen molar-refractivity contribution in [1.82, 2.24) is 10.2 Å². The number of nitrogens with one attached hydrogen (secondary N) is 1. The first-order chi connectivity index (χ1) is 10.9. The van der Waals surface area contributed by atoms with Crippen molar-refractivity contribution in [3.05, 3.63) is 35.9 Å². The van der Waals surface area contributed by atoms with Crippen LogP contribution in [0.1, 0.15) is 32.4 Å². The second-order valence-electron chi connectivity index (χ2n) is 6.45. The van der Waals surface area contributed by atoms with Gasteiger partial charge in [0.25, 0.3) is 0 Å². The lowest BCUT2D eigenvalue weighted by Gasteiger charge is -2.29. The van der Waals surface area contributed by atoms with Crippen molar-refractivity contribution in [3.8, 4) is 0 Å². The zero-order valence-corrected chi connectivity index (χ0v) is 13.9. The zero-order valence-electron chi connectivity index (χ0n) is 13.9. The molecule has 1 amide bonds. The van der Waals surface area contributed by atoms with E-state index >= 15 is 0 Å². The van der Waals surface area contributed by atoms with E-state index < -0.39 is 23.8 Å². The number of rotatable bonds is 3. The van der Waals surface area contributed by atoms with Crippen LogP contribution in [-0.4, -0.2) is 48.7 Å². The molecule has 1 aromatic rings. The van der Waals surface area contributed by atoms with E-state index in [1.807, 2.05) is 6.07 Å². The molecule has 0 radical (unpaired) electrons. The van der Waals surface area contributed by atoms with Crippen LogP contribution in [0.2, 0.25) is 0 Å². The summed E-state index contributed by atoms with van der Waals surface area (Å²) < 4.78 is 10.9. The Morgan fingerprint density at radius 2 is 1.74 bits per heavy atom. The van der Waals surface area contributed by atoms with Crippen molar-refractivity contribution >= 4 is 12.1 Å². The van der Waals surface area contributed by atoms with E-state index in [1.54, 1.807) is 49.9 Å². The molecule has 0 spiro atoms. The molecular formula is C17H24N2O4. The van der Waals surface area contributed by atoms with Gasteiger partial charge in [-0.05, 0) is 20.8 Å². The van der Waals surface area contributed by atoms with Crippen LogP contribution in [0.25, 0.3) is 0 Å². The lowest BCUT2D eigenvalue weighted by Crippen LogP contribution is -2.47. The third-order valence-corrected chi connectivity index (χ3v) is 3.32. The van der Waals surface area contributed by atoms with Gasteiger partial charge in [-0.3, -0.25) is 0 Å². The van der Waals surface area contributed by atoms with E-state index in [0.717, 1.165) is 13.1 Å². The number of carbonyl (C=O) groups is 2. The molecule has 1 heterocycles. The average Bonchev–Trinajstić information content (AvgIpc) is 2.52. The molecule has 0 saturated carbocycles. The summed E-state index contributed by atoms with van der Waals surface area (Å²) in [5, 5.41) is 3.17. The molecule has 1 fully saturated rings. The van der Waals surface area contributed by atoms with E-state index in [1.165, 1.54) is 0 Å². The van der Waals surface area contributed by atoms with Crippen molar-refractivity contribution in [3.63, 3.8) is 0 Å². The van der Waals surface area contributed by atoms with Gasteiger partial charge in [-0.25, -0.2) is 9.59 Å². The molecule has 1 aliphatic rings. The van der Waals surface area contributed by atoms with E-state index in [4.69, 9.17) is 9.47 Å². The second-order valence-corrected chi connectivity index (χ2v) is 6.45. The highest BCUT2D eigenvalue weighted by atomic mass is 16.6. The molecule has 2 rings (SSSR count). The smallest absolute Gasteiger partial charge is 0.411 e. The highest BCUT2D eigenvalue weighted by Gasteiger charge is 2.31. The van der Waals surface area contributed by atoms with Crippen molar-refractivity contribution in [1.29, 1.82) is 0 Å². The van der Waals surface area contributed by atoms with Crippen molar-refractivity contribution < 1.29 is 19.1 Å². The molecule has 6 heteroatoms. The van der Waals surface area contributed by atoms with Crippen LogP contribution in [0.3, 0.4) is 0 Å².